The van der Waals surface area contributed by atoms with Crippen molar-refractivity contribution in [1.29, 1.82) is 0 Å². The average Bonchev–Trinajstić information content (AvgIpc) is 2.98. The van der Waals surface area contributed by atoms with Crippen LogP contribution in [0.4, 0.5) is 19.0 Å². The molecule has 1 aliphatic rings. The zero-order chi connectivity index (χ0) is 17.9. The molecular weight excluding hydrogens is 345 g/mol. The molecule has 1 atom stereocenters. The number of pyridine rings is 1. The minimum atomic E-state index is -4.48. The second kappa shape index (κ2) is 7.57. The summed E-state index contributed by atoms with van der Waals surface area (Å²) in [6, 6.07) is 1.19. The van der Waals surface area contributed by atoms with E-state index in [1.54, 1.807) is 4.90 Å². The van der Waals surface area contributed by atoms with Crippen molar-refractivity contribution in [3.8, 4) is 0 Å². The monoisotopic (exact) mass is 364 g/mol. The molecule has 2 heterocycles. The molecule has 134 valence electrons. The Morgan fingerprint density at radius 1 is 1.50 bits per heavy atom. The lowest BCUT2D eigenvalue weighted by Gasteiger charge is -2.20. The van der Waals surface area contributed by atoms with Crippen molar-refractivity contribution in [2.24, 2.45) is 0 Å². The Hall–Kier alpha value is -1.54. The van der Waals surface area contributed by atoms with E-state index in [4.69, 9.17) is 11.6 Å². The fourth-order valence-corrected chi connectivity index (χ4v) is 2.79. The molecule has 9 heteroatoms. The van der Waals surface area contributed by atoms with Crippen LogP contribution in [0.15, 0.2) is 12.3 Å². The molecular formula is C15H20ClF3N4O. The summed E-state index contributed by atoms with van der Waals surface area (Å²) in [6.45, 7) is 1.69. The first-order chi connectivity index (χ1) is 11.2. The standard InChI is InChI=1S/C15H20ClF3N4O/c1-22(2)11-4-6-23(9-11)13(24)3-5-20-14-12(16)7-10(8-21-14)15(17,18)19/h7-8,11H,3-6,9H2,1-2H3,(H,20,21). The number of nitrogens with zero attached hydrogens (tertiary/aromatic N) is 3. The highest BCUT2D eigenvalue weighted by Gasteiger charge is 2.31. The molecule has 0 saturated carbocycles. The van der Waals surface area contributed by atoms with Crippen molar-refractivity contribution >= 4 is 23.3 Å². The van der Waals surface area contributed by atoms with Gasteiger partial charge in [0.2, 0.25) is 5.91 Å². The molecule has 0 bridgehead atoms. The molecule has 1 unspecified atom stereocenters. The second-order valence-corrected chi connectivity index (χ2v) is 6.38. The molecule has 5 nitrogen and oxygen atoms in total. The predicted molar refractivity (Wildman–Crippen MR) is 86.0 cm³/mol. The SMILES string of the molecule is CN(C)C1CCN(C(=O)CCNc2ncc(C(F)(F)F)cc2Cl)C1. The molecule has 1 N–H and O–H groups in total. The van der Waals surface area contributed by atoms with Gasteiger partial charge in [-0.25, -0.2) is 4.98 Å². The Bertz CT molecular complexity index is 595. The highest BCUT2D eigenvalue weighted by molar-refractivity contribution is 6.32. The number of aromatic nitrogens is 1. The number of halogens is 4. The van der Waals surface area contributed by atoms with Crippen LogP contribution in [-0.2, 0) is 11.0 Å². The number of likely N-dealkylation sites (tertiary alicyclic amines) is 1. The van der Waals surface area contributed by atoms with Crippen LogP contribution in [0.2, 0.25) is 5.02 Å². The highest BCUT2D eigenvalue weighted by atomic mass is 35.5. The molecule has 0 spiro atoms. The fourth-order valence-electron chi connectivity index (χ4n) is 2.56. The first-order valence-corrected chi connectivity index (χ1v) is 7.97. The molecule has 1 fully saturated rings. The summed E-state index contributed by atoms with van der Waals surface area (Å²) in [5.41, 5.74) is -0.902. The zero-order valence-electron chi connectivity index (χ0n) is 13.5. The Morgan fingerprint density at radius 3 is 2.75 bits per heavy atom. The largest absolute Gasteiger partial charge is 0.417 e. The maximum atomic E-state index is 12.5. The van der Waals surface area contributed by atoms with Crippen LogP contribution in [0.1, 0.15) is 18.4 Å². The van der Waals surface area contributed by atoms with E-state index in [-0.39, 0.29) is 29.7 Å². The average molecular weight is 365 g/mol. The molecule has 1 amide bonds. The van der Waals surface area contributed by atoms with Crippen LogP contribution in [0.3, 0.4) is 0 Å². The molecule has 1 aromatic heterocycles. The van der Waals surface area contributed by atoms with Crippen molar-refractivity contribution in [2.45, 2.75) is 25.1 Å². The highest BCUT2D eigenvalue weighted by Crippen LogP contribution is 2.32. The number of likely N-dealkylation sites (N-methyl/N-ethyl adjacent to an activating group) is 1. The number of alkyl halides is 3. The summed E-state index contributed by atoms with van der Waals surface area (Å²) in [7, 11) is 3.97. The molecule has 1 aliphatic heterocycles. The smallest absolute Gasteiger partial charge is 0.368 e. The zero-order valence-corrected chi connectivity index (χ0v) is 14.3. The third-order valence-corrected chi connectivity index (χ3v) is 4.33. The van der Waals surface area contributed by atoms with Gasteiger partial charge >= 0.3 is 6.18 Å². The quantitative estimate of drug-likeness (QED) is 0.872. The lowest BCUT2D eigenvalue weighted by atomic mass is 10.2. The molecule has 0 aliphatic carbocycles. The van der Waals surface area contributed by atoms with Gasteiger partial charge in [0.15, 0.2) is 0 Å². The maximum absolute atomic E-state index is 12.5. The van der Waals surface area contributed by atoms with Crippen LogP contribution in [-0.4, -0.2) is 60.5 Å². The third-order valence-electron chi connectivity index (χ3n) is 4.05. The van der Waals surface area contributed by atoms with Gasteiger partial charge in [0.1, 0.15) is 5.82 Å². The van der Waals surface area contributed by atoms with Gasteiger partial charge in [-0.3, -0.25) is 4.79 Å². The Balaban J connectivity index is 1.83. The van der Waals surface area contributed by atoms with E-state index in [0.29, 0.717) is 12.6 Å². The van der Waals surface area contributed by atoms with Gasteiger partial charge in [-0.15, -0.1) is 0 Å². The second-order valence-electron chi connectivity index (χ2n) is 5.97. The van der Waals surface area contributed by atoms with Crippen molar-refractivity contribution in [2.75, 3.05) is 39.0 Å². The molecule has 0 aromatic carbocycles. The van der Waals surface area contributed by atoms with Crippen LogP contribution in [0.25, 0.3) is 0 Å². The summed E-state index contributed by atoms with van der Waals surface area (Å²) < 4.78 is 37.6. The maximum Gasteiger partial charge on any atom is 0.417 e. The number of amides is 1. The molecule has 1 aromatic rings. The van der Waals surface area contributed by atoms with Crippen molar-refractivity contribution in [1.82, 2.24) is 14.8 Å². The molecule has 1 saturated heterocycles. The van der Waals surface area contributed by atoms with Crippen molar-refractivity contribution in [3.63, 3.8) is 0 Å². The van der Waals surface area contributed by atoms with E-state index < -0.39 is 11.7 Å². The Labute approximate surface area is 143 Å². The summed E-state index contributed by atoms with van der Waals surface area (Å²) in [5, 5.41) is 2.69. The summed E-state index contributed by atoms with van der Waals surface area (Å²) in [5.74, 6) is 0.153. The van der Waals surface area contributed by atoms with Gasteiger partial charge in [0.25, 0.3) is 0 Å². The number of anilines is 1. The van der Waals surface area contributed by atoms with Crippen LogP contribution in [0, 0.1) is 0 Å². The van der Waals surface area contributed by atoms with E-state index in [1.807, 2.05) is 14.1 Å². The van der Waals surface area contributed by atoms with Crippen LogP contribution >= 0.6 is 11.6 Å². The van der Waals surface area contributed by atoms with E-state index in [1.165, 1.54) is 0 Å². The van der Waals surface area contributed by atoms with E-state index in [0.717, 1.165) is 25.2 Å². The topological polar surface area (TPSA) is 48.5 Å². The molecule has 24 heavy (non-hydrogen) atoms. The van der Waals surface area contributed by atoms with Crippen molar-refractivity contribution < 1.29 is 18.0 Å². The predicted octanol–water partition coefficient (Wildman–Crippen LogP) is 2.72. The van der Waals surface area contributed by atoms with Gasteiger partial charge in [-0.1, -0.05) is 11.6 Å². The summed E-state index contributed by atoms with van der Waals surface area (Å²) in [4.78, 5) is 19.7. The number of hydrogen-bond donors (Lipinski definition) is 1. The normalized spacial score (nSPS) is 18.3. The fraction of sp³-hybridized carbons (Fsp3) is 0.600. The minimum absolute atomic E-state index is 0.00915. The number of rotatable bonds is 5. The Kier molecular flexibility index (Phi) is 5.92. The van der Waals surface area contributed by atoms with Gasteiger partial charge < -0.3 is 15.1 Å². The van der Waals surface area contributed by atoms with Crippen molar-refractivity contribution in [3.05, 3.63) is 22.8 Å². The Morgan fingerprint density at radius 2 is 2.21 bits per heavy atom. The first kappa shape index (κ1) is 18.8. The lowest BCUT2D eigenvalue weighted by molar-refractivity contribution is -0.137. The number of carbonyl (C=O) groups excluding carboxylic acids is 1. The van der Waals surface area contributed by atoms with Crippen LogP contribution < -0.4 is 5.32 Å². The number of carbonyl (C=O) groups is 1. The van der Waals surface area contributed by atoms with Gasteiger partial charge in [0, 0.05) is 38.3 Å². The lowest BCUT2D eigenvalue weighted by Crippen LogP contribution is -2.35. The van der Waals surface area contributed by atoms with Gasteiger partial charge in [-0.2, -0.15) is 13.2 Å². The molecule has 0 radical (unpaired) electrons. The van der Waals surface area contributed by atoms with E-state index in [9.17, 15) is 18.0 Å². The number of nitrogens with one attached hydrogen (secondary N) is 1. The summed E-state index contributed by atoms with van der Waals surface area (Å²) in [6.07, 6.45) is -2.58. The first-order valence-electron chi connectivity index (χ1n) is 7.59. The van der Waals surface area contributed by atoms with Gasteiger partial charge in [0.05, 0.1) is 10.6 Å². The van der Waals surface area contributed by atoms with Gasteiger partial charge in [-0.05, 0) is 26.6 Å². The summed E-state index contributed by atoms with van der Waals surface area (Å²) >= 11 is 5.81. The van der Waals surface area contributed by atoms with E-state index in [2.05, 4.69) is 15.2 Å². The number of hydrogen-bond acceptors (Lipinski definition) is 4. The molecule has 2 rings (SSSR count). The van der Waals surface area contributed by atoms with Crippen LogP contribution in [0.5, 0.6) is 0 Å². The van der Waals surface area contributed by atoms with E-state index >= 15 is 0 Å². The minimum Gasteiger partial charge on any atom is -0.368 e. The third kappa shape index (κ3) is 4.73.